The van der Waals surface area contributed by atoms with Crippen LogP contribution >= 0.6 is 0 Å². The number of hydrogen-bond acceptors (Lipinski definition) is 2. The standard InChI is InChI=1S/C15H23NO/c1-11(2)14-5-4-12(3)15(8-14)17-10-13-6-7-16-9-13/h4-5,8,11,13,16H,6-7,9-10H2,1-3H3/t13-/m0/s1. The Kier molecular flexibility index (Phi) is 4.06. The summed E-state index contributed by atoms with van der Waals surface area (Å²) >= 11 is 0. The van der Waals surface area contributed by atoms with Crippen molar-refractivity contribution in [2.45, 2.75) is 33.1 Å². The van der Waals surface area contributed by atoms with Gasteiger partial charge in [0.25, 0.3) is 0 Å². The summed E-state index contributed by atoms with van der Waals surface area (Å²) in [6.45, 7) is 9.63. The molecule has 0 aliphatic carbocycles. The molecule has 0 bridgehead atoms. The predicted molar refractivity (Wildman–Crippen MR) is 71.7 cm³/mol. The fourth-order valence-corrected chi connectivity index (χ4v) is 2.20. The van der Waals surface area contributed by atoms with Crippen LogP contribution in [0.3, 0.4) is 0 Å². The van der Waals surface area contributed by atoms with Gasteiger partial charge in [-0.2, -0.15) is 0 Å². The highest BCUT2D eigenvalue weighted by atomic mass is 16.5. The first-order chi connectivity index (χ1) is 8.16. The Morgan fingerprint density at radius 1 is 1.41 bits per heavy atom. The summed E-state index contributed by atoms with van der Waals surface area (Å²) in [5.41, 5.74) is 2.59. The van der Waals surface area contributed by atoms with E-state index in [-0.39, 0.29) is 0 Å². The Balaban J connectivity index is 2.00. The van der Waals surface area contributed by atoms with Gasteiger partial charge >= 0.3 is 0 Å². The first-order valence-electron chi connectivity index (χ1n) is 6.61. The number of benzene rings is 1. The van der Waals surface area contributed by atoms with E-state index in [1.54, 1.807) is 0 Å². The van der Waals surface area contributed by atoms with Crippen molar-refractivity contribution in [2.75, 3.05) is 19.7 Å². The molecule has 1 aromatic rings. The van der Waals surface area contributed by atoms with Crippen LogP contribution in [0.25, 0.3) is 0 Å². The molecule has 1 fully saturated rings. The molecule has 0 amide bonds. The van der Waals surface area contributed by atoms with Crippen LogP contribution in [-0.2, 0) is 0 Å². The third kappa shape index (κ3) is 3.22. The van der Waals surface area contributed by atoms with Gasteiger partial charge in [0, 0.05) is 12.5 Å². The van der Waals surface area contributed by atoms with Crippen LogP contribution < -0.4 is 10.1 Å². The molecule has 0 spiro atoms. The number of hydrogen-bond donors (Lipinski definition) is 1. The summed E-state index contributed by atoms with van der Waals surface area (Å²) in [5, 5.41) is 3.37. The molecule has 2 rings (SSSR count). The molecule has 17 heavy (non-hydrogen) atoms. The Morgan fingerprint density at radius 3 is 2.88 bits per heavy atom. The highest BCUT2D eigenvalue weighted by Crippen LogP contribution is 2.25. The minimum absolute atomic E-state index is 0.561. The smallest absolute Gasteiger partial charge is 0.122 e. The van der Waals surface area contributed by atoms with Gasteiger partial charge in [-0.15, -0.1) is 0 Å². The summed E-state index contributed by atoms with van der Waals surface area (Å²) in [6.07, 6.45) is 1.24. The van der Waals surface area contributed by atoms with Crippen molar-refractivity contribution < 1.29 is 4.74 Å². The molecule has 1 saturated heterocycles. The van der Waals surface area contributed by atoms with Crippen molar-refractivity contribution >= 4 is 0 Å². The number of rotatable bonds is 4. The van der Waals surface area contributed by atoms with Crippen LogP contribution in [0.5, 0.6) is 5.75 Å². The largest absolute Gasteiger partial charge is 0.493 e. The van der Waals surface area contributed by atoms with Crippen LogP contribution in [0.4, 0.5) is 0 Å². The SMILES string of the molecule is Cc1ccc(C(C)C)cc1OC[C@H]1CCNC1. The van der Waals surface area contributed by atoms with Crippen molar-refractivity contribution in [3.63, 3.8) is 0 Å². The van der Waals surface area contributed by atoms with Crippen molar-refractivity contribution in [1.82, 2.24) is 5.32 Å². The van der Waals surface area contributed by atoms with Crippen LogP contribution in [0, 0.1) is 12.8 Å². The van der Waals surface area contributed by atoms with Gasteiger partial charge in [0.1, 0.15) is 5.75 Å². The quantitative estimate of drug-likeness (QED) is 0.863. The lowest BCUT2D eigenvalue weighted by Crippen LogP contribution is -2.15. The Hall–Kier alpha value is -1.02. The second kappa shape index (κ2) is 5.54. The molecule has 0 saturated carbocycles. The Bertz CT molecular complexity index is 367. The van der Waals surface area contributed by atoms with E-state index in [1.807, 2.05) is 0 Å². The second-order valence-electron chi connectivity index (χ2n) is 5.35. The van der Waals surface area contributed by atoms with Gasteiger partial charge in [0.05, 0.1) is 6.61 Å². The fraction of sp³-hybridized carbons (Fsp3) is 0.600. The minimum atomic E-state index is 0.561. The van der Waals surface area contributed by atoms with Crippen molar-refractivity contribution in [1.29, 1.82) is 0 Å². The molecule has 2 heteroatoms. The predicted octanol–water partition coefficient (Wildman–Crippen LogP) is 3.11. The lowest BCUT2D eigenvalue weighted by Gasteiger charge is -2.15. The van der Waals surface area contributed by atoms with Gasteiger partial charge in [-0.3, -0.25) is 0 Å². The first kappa shape index (κ1) is 12.4. The number of aryl methyl sites for hydroxylation is 1. The maximum atomic E-state index is 5.97. The third-order valence-electron chi connectivity index (χ3n) is 3.52. The molecule has 0 radical (unpaired) electrons. The van der Waals surface area contributed by atoms with Crippen LogP contribution in [-0.4, -0.2) is 19.7 Å². The van der Waals surface area contributed by atoms with Gasteiger partial charge in [0.2, 0.25) is 0 Å². The molecule has 0 aromatic heterocycles. The normalized spacial score (nSPS) is 19.9. The number of nitrogens with one attached hydrogen (secondary N) is 1. The van der Waals surface area contributed by atoms with Crippen LogP contribution in [0.1, 0.15) is 37.3 Å². The van der Waals surface area contributed by atoms with Crippen molar-refractivity contribution in [3.8, 4) is 5.75 Å². The highest BCUT2D eigenvalue weighted by molar-refractivity contribution is 5.37. The average Bonchev–Trinajstić information content (AvgIpc) is 2.80. The van der Waals surface area contributed by atoms with Crippen LogP contribution in [0.2, 0.25) is 0 Å². The molecule has 1 aliphatic rings. The molecule has 0 unspecified atom stereocenters. The number of ether oxygens (including phenoxy) is 1. The van der Waals surface area contributed by atoms with E-state index in [0.29, 0.717) is 11.8 Å². The summed E-state index contributed by atoms with van der Waals surface area (Å²) in [4.78, 5) is 0. The van der Waals surface area contributed by atoms with E-state index in [9.17, 15) is 0 Å². The van der Waals surface area contributed by atoms with Gasteiger partial charge < -0.3 is 10.1 Å². The highest BCUT2D eigenvalue weighted by Gasteiger charge is 2.15. The van der Waals surface area contributed by atoms with Gasteiger partial charge in [-0.25, -0.2) is 0 Å². The van der Waals surface area contributed by atoms with Crippen molar-refractivity contribution in [2.24, 2.45) is 5.92 Å². The topological polar surface area (TPSA) is 21.3 Å². The fourth-order valence-electron chi connectivity index (χ4n) is 2.20. The first-order valence-corrected chi connectivity index (χ1v) is 6.61. The van der Waals surface area contributed by atoms with E-state index in [2.05, 4.69) is 44.3 Å². The molecular weight excluding hydrogens is 210 g/mol. The van der Waals surface area contributed by atoms with E-state index >= 15 is 0 Å². The minimum Gasteiger partial charge on any atom is -0.493 e. The third-order valence-corrected chi connectivity index (χ3v) is 3.52. The van der Waals surface area contributed by atoms with Crippen LogP contribution in [0.15, 0.2) is 18.2 Å². The summed E-state index contributed by atoms with van der Waals surface area (Å²) < 4.78 is 5.97. The second-order valence-corrected chi connectivity index (χ2v) is 5.35. The lowest BCUT2D eigenvalue weighted by atomic mass is 10.0. The molecule has 94 valence electrons. The lowest BCUT2D eigenvalue weighted by molar-refractivity contribution is 0.258. The van der Waals surface area contributed by atoms with E-state index < -0.39 is 0 Å². The molecule has 2 nitrogen and oxygen atoms in total. The molecule has 1 N–H and O–H groups in total. The maximum absolute atomic E-state index is 5.97. The summed E-state index contributed by atoms with van der Waals surface area (Å²) in [5.74, 6) is 2.30. The molecule has 1 heterocycles. The van der Waals surface area contributed by atoms with Gasteiger partial charge in [-0.05, 0) is 43.0 Å². The zero-order chi connectivity index (χ0) is 12.3. The van der Waals surface area contributed by atoms with E-state index in [0.717, 1.165) is 25.4 Å². The van der Waals surface area contributed by atoms with E-state index in [4.69, 9.17) is 4.74 Å². The molecule has 1 aromatic carbocycles. The Labute approximate surface area is 104 Å². The van der Waals surface area contributed by atoms with E-state index in [1.165, 1.54) is 17.5 Å². The maximum Gasteiger partial charge on any atom is 0.122 e. The van der Waals surface area contributed by atoms with Gasteiger partial charge in [-0.1, -0.05) is 26.0 Å². The summed E-state index contributed by atoms with van der Waals surface area (Å²) in [6, 6.07) is 6.56. The van der Waals surface area contributed by atoms with Crippen molar-refractivity contribution in [3.05, 3.63) is 29.3 Å². The zero-order valence-electron chi connectivity index (χ0n) is 11.1. The molecular formula is C15H23NO. The summed E-state index contributed by atoms with van der Waals surface area (Å²) in [7, 11) is 0. The molecule has 1 aliphatic heterocycles. The average molecular weight is 233 g/mol. The zero-order valence-corrected chi connectivity index (χ0v) is 11.1. The van der Waals surface area contributed by atoms with Gasteiger partial charge in [0.15, 0.2) is 0 Å². The molecule has 1 atom stereocenters. The monoisotopic (exact) mass is 233 g/mol. The Morgan fingerprint density at radius 2 is 2.24 bits per heavy atom.